The topological polar surface area (TPSA) is 17.1 Å². The minimum atomic E-state index is -0.213. The van der Waals surface area contributed by atoms with Gasteiger partial charge in [-0.1, -0.05) is 59.6 Å². The fourth-order valence-electron chi connectivity index (χ4n) is 1.62. The first-order chi connectivity index (χ1) is 6.28. The van der Waals surface area contributed by atoms with Crippen molar-refractivity contribution in [1.82, 2.24) is 0 Å². The van der Waals surface area contributed by atoms with Crippen LogP contribution in [0.3, 0.4) is 0 Å². The van der Waals surface area contributed by atoms with Gasteiger partial charge in [-0.2, -0.15) is 0 Å². The summed E-state index contributed by atoms with van der Waals surface area (Å²) < 4.78 is 0. The third-order valence-electron chi connectivity index (χ3n) is 2.67. The van der Waals surface area contributed by atoms with Crippen LogP contribution in [0.15, 0.2) is 0 Å². The van der Waals surface area contributed by atoms with Crippen LogP contribution in [0.25, 0.3) is 0 Å². The van der Waals surface area contributed by atoms with Gasteiger partial charge < -0.3 is 0 Å². The van der Waals surface area contributed by atoms with Gasteiger partial charge in [0.2, 0.25) is 0 Å². The predicted octanol–water partition coefficient (Wildman–Crippen LogP) is 4.18. The van der Waals surface area contributed by atoms with Gasteiger partial charge >= 0.3 is 0 Å². The molecule has 0 saturated heterocycles. The third kappa shape index (κ3) is 4.01. The molecule has 84 valence electrons. The molecule has 0 spiro atoms. The molecule has 0 heterocycles. The summed E-state index contributed by atoms with van der Waals surface area (Å²) >= 11 is 6.80. The molecule has 0 atom stereocenters. The summed E-state index contributed by atoms with van der Waals surface area (Å²) in [4.78, 5) is 12.2. The van der Waals surface area contributed by atoms with E-state index in [1.54, 1.807) is 0 Å². The number of carbonyl (C=O) groups is 1. The van der Waals surface area contributed by atoms with E-state index >= 15 is 0 Å². The normalized spacial score (nSPS) is 13.0. The van der Waals surface area contributed by atoms with Crippen LogP contribution in [0, 0.1) is 10.8 Å². The Morgan fingerprint density at radius 2 is 1.21 bits per heavy atom. The summed E-state index contributed by atoms with van der Waals surface area (Å²) in [5, 5.41) is 1.77. The van der Waals surface area contributed by atoms with E-state index in [0.29, 0.717) is 5.78 Å². The molecular weight excluding hydrogens is 308 g/mol. The maximum absolute atomic E-state index is 12.2. The van der Waals surface area contributed by atoms with Crippen LogP contribution >= 0.6 is 31.9 Å². The van der Waals surface area contributed by atoms with E-state index in [0.717, 1.165) is 23.5 Å². The molecule has 0 amide bonds. The van der Waals surface area contributed by atoms with E-state index in [2.05, 4.69) is 31.9 Å². The maximum atomic E-state index is 12.2. The van der Waals surface area contributed by atoms with Crippen molar-refractivity contribution in [2.24, 2.45) is 10.8 Å². The van der Waals surface area contributed by atoms with Gasteiger partial charge in [0.25, 0.3) is 0 Å². The van der Waals surface area contributed by atoms with Gasteiger partial charge in [-0.3, -0.25) is 4.79 Å². The lowest BCUT2D eigenvalue weighted by Gasteiger charge is -2.32. The molecule has 0 fully saturated rings. The lowest BCUT2D eigenvalue weighted by molar-refractivity contribution is -0.136. The fraction of sp³-hybridized carbons (Fsp3) is 0.909. The zero-order valence-electron chi connectivity index (χ0n) is 9.49. The molecule has 14 heavy (non-hydrogen) atoms. The number of hydrogen-bond donors (Lipinski definition) is 0. The van der Waals surface area contributed by atoms with Gasteiger partial charge in [0.1, 0.15) is 5.78 Å². The zero-order valence-corrected chi connectivity index (χ0v) is 12.7. The fourth-order valence-corrected chi connectivity index (χ4v) is 3.60. The molecule has 0 rings (SSSR count). The van der Waals surface area contributed by atoms with Crippen molar-refractivity contribution in [3.63, 3.8) is 0 Å². The number of Topliss-reactive ketones (excluding diaryl/α,β-unsaturated/α-hetero) is 1. The van der Waals surface area contributed by atoms with Crippen molar-refractivity contribution in [2.45, 2.75) is 40.5 Å². The molecule has 1 nitrogen and oxygen atoms in total. The molecule has 0 saturated carbocycles. The Morgan fingerprint density at radius 3 is 1.43 bits per heavy atom. The van der Waals surface area contributed by atoms with Crippen LogP contribution in [0.4, 0.5) is 0 Å². The minimum Gasteiger partial charge on any atom is -0.299 e. The van der Waals surface area contributed by atoms with Gasteiger partial charge in [0.15, 0.2) is 0 Å². The molecule has 3 heteroatoms. The predicted molar refractivity (Wildman–Crippen MR) is 69.4 cm³/mol. The van der Waals surface area contributed by atoms with Crippen molar-refractivity contribution in [3.05, 3.63) is 0 Å². The highest BCUT2D eigenvalue weighted by Crippen LogP contribution is 2.35. The number of carbonyl (C=O) groups excluding carboxylic acids is 1. The van der Waals surface area contributed by atoms with Crippen molar-refractivity contribution >= 4 is 37.6 Å². The molecule has 0 radical (unpaired) electrons. The number of hydrogen-bond acceptors (Lipinski definition) is 1. The van der Waals surface area contributed by atoms with Crippen LogP contribution in [-0.4, -0.2) is 16.4 Å². The van der Waals surface area contributed by atoms with Crippen LogP contribution in [0.2, 0.25) is 0 Å². The van der Waals surface area contributed by atoms with E-state index in [-0.39, 0.29) is 10.8 Å². The highest BCUT2D eigenvalue weighted by atomic mass is 79.9. The van der Waals surface area contributed by atoms with Crippen molar-refractivity contribution in [2.75, 3.05) is 10.7 Å². The van der Waals surface area contributed by atoms with Gasteiger partial charge in [-0.25, -0.2) is 0 Å². The Labute approximate surface area is 104 Å². The molecule has 0 aromatic carbocycles. The smallest absolute Gasteiger partial charge is 0.144 e. The van der Waals surface area contributed by atoms with Gasteiger partial charge in [0, 0.05) is 21.5 Å². The average molecular weight is 328 g/mol. The number of halogens is 2. The van der Waals surface area contributed by atoms with Gasteiger partial charge in [-0.15, -0.1) is 0 Å². The molecule has 0 aliphatic carbocycles. The summed E-state index contributed by atoms with van der Waals surface area (Å²) in [5.41, 5.74) is -0.426. The molecule has 0 N–H and O–H groups in total. The van der Waals surface area contributed by atoms with Crippen molar-refractivity contribution in [3.8, 4) is 0 Å². The van der Waals surface area contributed by atoms with Crippen LogP contribution in [0.5, 0.6) is 0 Å². The SMILES string of the molecule is CC(C)(CCBr)C(=O)C(C)(C)CCBr. The largest absolute Gasteiger partial charge is 0.299 e. The van der Waals surface area contributed by atoms with Crippen molar-refractivity contribution < 1.29 is 4.79 Å². The van der Waals surface area contributed by atoms with E-state index in [4.69, 9.17) is 0 Å². The molecule has 0 aromatic heterocycles. The Bertz CT molecular complexity index is 177. The zero-order chi connectivity index (χ0) is 11.4. The second-order valence-corrected chi connectivity index (χ2v) is 6.56. The van der Waals surface area contributed by atoms with Crippen LogP contribution in [-0.2, 0) is 4.79 Å². The summed E-state index contributed by atoms with van der Waals surface area (Å²) in [7, 11) is 0. The molecular formula is C11H20Br2O. The Kier molecular flexibility index (Phi) is 5.90. The maximum Gasteiger partial charge on any atom is 0.144 e. The monoisotopic (exact) mass is 326 g/mol. The van der Waals surface area contributed by atoms with Gasteiger partial charge in [-0.05, 0) is 12.8 Å². The third-order valence-corrected chi connectivity index (χ3v) is 3.46. The number of alkyl halides is 2. The van der Waals surface area contributed by atoms with E-state index in [9.17, 15) is 4.79 Å². The van der Waals surface area contributed by atoms with E-state index in [1.807, 2.05) is 27.7 Å². The second kappa shape index (κ2) is 5.64. The number of rotatable bonds is 6. The average Bonchev–Trinajstić information content (AvgIpc) is 2.02. The standard InChI is InChI=1S/C11H20Br2O/c1-10(2,5-7-12)9(14)11(3,4)6-8-13/h5-8H2,1-4H3. The van der Waals surface area contributed by atoms with Gasteiger partial charge in [0.05, 0.1) is 0 Å². The Morgan fingerprint density at radius 1 is 0.929 bits per heavy atom. The Balaban J connectivity index is 4.58. The highest BCUT2D eigenvalue weighted by Gasteiger charge is 2.37. The minimum absolute atomic E-state index is 0.213. The molecule has 0 unspecified atom stereocenters. The molecule has 0 aliphatic rings. The highest BCUT2D eigenvalue weighted by molar-refractivity contribution is 9.09. The lowest BCUT2D eigenvalue weighted by Crippen LogP contribution is -2.37. The second-order valence-electron chi connectivity index (χ2n) is 4.97. The molecule has 0 aliphatic heterocycles. The summed E-state index contributed by atoms with van der Waals surface area (Å²) in [5.74, 6) is 0.365. The number of ketones is 1. The van der Waals surface area contributed by atoms with Crippen LogP contribution < -0.4 is 0 Å². The summed E-state index contributed by atoms with van der Waals surface area (Å²) in [6, 6.07) is 0. The first-order valence-corrected chi connectivity index (χ1v) is 7.19. The lowest BCUT2D eigenvalue weighted by atomic mass is 9.71. The van der Waals surface area contributed by atoms with Crippen molar-refractivity contribution in [1.29, 1.82) is 0 Å². The van der Waals surface area contributed by atoms with E-state index < -0.39 is 0 Å². The van der Waals surface area contributed by atoms with E-state index in [1.165, 1.54) is 0 Å². The first kappa shape index (κ1) is 14.6. The quantitative estimate of drug-likeness (QED) is 0.669. The summed E-state index contributed by atoms with van der Waals surface area (Å²) in [6.45, 7) is 8.14. The van der Waals surface area contributed by atoms with Crippen LogP contribution in [0.1, 0.15) is 40.5 Å². The summed E-state index contributed by atoms with van der Waals surface area (Å²) in [6.07, 6.45) is 1.80. The molecule has 0 aromatic rings. The molecule has 0 bridgehead atoms. The first-order valence-electron chi connectivity index (χ1n) is 4.95. The Hall–Kier alpha value is 0.630.